The summed E-state index contributed by atoms with van der Waals surface area (Å²) in [6.07, 6.45) is 69.2. The molecule has 0 heterocycles. The summed E-state index contributed by atoms with van der Waals surface area (Å²) in [4.78, 5) is 24.3. The first-order valence-corrected chi connectivity index (χ1v) is 23.4. The van der Waals surface area contributed by atoms with Crippen molar-refractivity contribution in [2.75, 3.05) is 13.2 Å². The van der Waals surface area contributed by atoms with E-state index in [2.05, 4.69) is 111 Å². The Balaban J connectivity index is 3.57. The van der Waals surface area contributed by atoms with Gasteiger partial charge in [-0.1, -0.05) is 213 Å². The Morgan fingerprint density at radius 2 is 0.741 bits per heavy atom. The molecule has 1 unspecified atom stereocenters. The van der Waals surface area contributed by atoms with Crippen LogP contribution in [0.2, 0.25) is 0 Å². The molecule has 0 rings (SSSR count). The number of hydrogen-bond donors (Lipinski definition) is 1. The molecule has 0 aliphatic rings. The molecule has 0 fully saturated rings. The van der Waals surface area contributed by atoms with Gasteiger partial charge in [-0.15, -0.1) is 0 Å². The van der Waals surface area contributed by atoms with Crippen LogP contribution in [0.4, 0.5) is 0 Å². The number of esters is 2. The summed E-state index contributed by atoms with van der Waals surface area (Å²) < 4.78 is 10.5. The molecule has 0 aliphatic carbocycles. The standard InChI is InChI=1S/C53H86O5/c1-3-5-7-9-11-13-15-17-19-20-21-22-23-24-25-26-27-28-29-30-31-32-34-35-37-39-41-43-45-47-52(55)57-50-51(49-54)58-53(56)48-46-44-42-40-38-36-33-18-16-14-12-10-8-6-4-2/h5-8,11-14,17-19,21-22,33,38,40,44,46,51,54H,3-4,9-10,15-16,20,23-32,34-37,39,41-43,45,47-50H2,1-2H3/b7-5-,8-6-,13-11-,14-12-,19-17-,22-21-,33-18-,40-38-,46-44-. The van der Waals surface area contributed by atoms with Crippen molar-refractivity contribution in [3.63, 3.8) is 0 Å². The lowest BCUT2D eigenvalue weighted by atomic mass is 10.0. The molecule has 5 nitrogen and oxygen atoms in total. The zero-order valence-electron chi connectivity index (χ0n) is 37.3. The molecule has 0 aromatic rings. The third kappa shape index (κ3) is 45.3. The van der Waals surface area contributed by atoms with Gasteiger partial charge >= 0.3 is 11.9 Å². The van der Waals surface area contributed by atoms with E-state index in [1.807, 2.05) is 6.08 Å². The zero-order chi connectivity index (χ0) is 42.1. The maximum absolute atomic E-state index is 12.2. The van der Waals surface area contributed by atoms with Gasteiger partial charge in [-0.05, 0) is 77.0 Å². The van der Waals surface area contributed by atoms with Crippen LogP contribution in [-0.4, -0.2) is 36.4 Å². The number of aliphatic hydroxyl groups is 1. The van der Waals surface area contributed by atoms with Gasteiger partial charge in [0, 0.05) is 6.42 Å². The van der Waals surface area contributed by atoms with Crippen molar-refractivity contribution in [1.82, 2.24) is 0 Å². The average molecular weight is 803 g/mol. The highest BCUT2D eigenvalue weighted by molar-refractivity contribution is 5.71. The zero-order valence-corrected chi connectivity index (χ0v) is 37.3. The minimum absolute atomic E-state index is 0.111. The van der Waals surface area contributed by atoms with E-state index in [4.69, 9.17) is 9.47 Å². The highest BCUT2D eigenvalue weighted by Crippen LogP contribution is 2.15. The molecule has 0 saturated heterocycles. The van der Waals surface area contributed by atoms with Crippen LogP contribution in [0, 0.1) is 0 Å². The van der Waals surface area contributed by atoms with Gasteiger partial charge < -0.3 is 14.6 Å². The maximum atomic E-state index is 12.2. The summed E-state index contributed by atoms with van der Waals surface area (Å²) >= 11 is 0. The van der Waals surface area contributed by atoms with Gasteiger partial charge in [-0.3, -0.25) is 9.59 Å². The molecule has 328 valence electrons. The van der Waals surface area contributed by atoms with Crippen LogP contribution in [0.5, 0.6) is 0 Å². The number of rotatable bonds is 41. The summed E-state index contributed by atoms with van der Waals surface area (Å²) in [5.74, 6) is -0.743. The molecule has 5 heteroatoms. The van der Waals surface area contributed by atoms with E-state index in [9.17, 15) is 14.7 Å². The molecule has 0 spiro atoms. The summed E-state index contributed by atoms with van der Waals surface area (Å²) in [6, 6.07) is 0. The second kappa shape index (κ2) is 47.9. The molecular formula is C53H86O5. The van der Waals surface area contributed by atoms with Crippen LogP contribution < -0.4 is 0 Å². The highest BCUT2D eigenvalue weighted by atomic mass is 16.6. The van der Waals surface area contributed by atoms with Crippen molar-refractivity contribution in [1.29, 1.82) is 0 Å². The first kappa shape index (κ1) is 54.6. The van der Waals surface area contributed by atoms with E-state index in [1.54, 1.807) is 6.08 Å². The third-order valence-electron chi connectivity index (χ3n) is 9.59. The molecule has 0 saturated carbocycles. The Kier molecular flexibility index (Phi) is 45.1. The van der Waals surface area contributed by atoms with E-state index < -0.39 is 12.1 Å². The normalized spacial score (nSPS) is 13.2. The summed E-state index contributed by atoms with van der Waals surface area (Å²) in [6.45, 7) is 3.82. The van der Waals surface area contributed by atoms with Crippen molar-refractivity contribution in [3.05, 3.63) is 109 Å². The molecule has 0 amide bonds. The van der Waals surface area contributed by atoms with Crippen molar-refractivity contribution in [3.8, 4) is 0 Å². The number of carbonyl (C=O) groups is 2. The number of carbonyl (C=O) groups excluding carboxylic acids is 2. The second-order valence-corrected chi connectivity index (χ2v) is 15.1. The second-order valence-electron chi connectivity index (χ2n) is 15.1. The van der Waals surface area contributed by atoms with Gasteiger partial charge in [0.15, 0.2) is 6.10 Å². The number of ether oxygens (including phenoxy) is 2. The number of aliphatic hydroxyl groups excluding tert-OH is 1. The average Bonchev–Trinajstić information content (AvgIpc) is 3.23. The highest BCUT2D eigenvalue weighted by Gasteiger charge is 2.15. The predicted octanol–water partition coefficient (Wildman–Crippen LogP) is 15.4. The van der Waals surface area contributed by atoms with E-state index in [0.717, 1.165) is 77.0 Å². The van der Waals surface area contributed by atoms with Crippen LogP contribution in [-0.2, 0) is 19.1 Å². The number of hydrogen-bond acceptors (Lipinski definition) is 5. The Morgan fingerprint density at radius 3 is 1.12 bits per heavy atom. The molecule has 58 heavy (non-hydrogen) atoms. The van der Waals surface area contributed by atoms with E-state index >= 15 is 0 Å². The fourth-order valence-corrected chi connectivity index (χ4v) is 6.15. The lowest BCUT2D eigenvalue weighted by Gasteiger charge is -2.15. The fourth-order valence-electron chi connectivity index (χ4n) is 6.15. The molecule has 1 N–H and O–H groups in total. The van der Waals surface area contributed by atoms with Gasteiger partial charge in [-0.2, -0.15) is 0 Å². The SMILES string of the molecule is CC/C=C\C/C=C\C/C=C\C/C=C\C/C=C\CC(=O)OC(CO)COC(=O)CCCCCCCCCCCCCCCCCC/C=C\C/C=C\C/C=C\C/C=C\CC. The third-order valence-corrected chi connectivity index (χ3v) is 9.59. The Hall–Kier alpha value is -3.44. The van der Waals surface area contributed by atoms with Gasteiger partial charge in [0.25, 0.3) is 0 Å². The Morgan fingerprint density at radius 1 is 0.414 bits per heavy atom. The Bertz CT molecular complexity index is 1180. The minimum Gasteiger partial charge on any atom is -0.462 e. The van der Waals surface area contributed by atoms with E-state index in [-0.39, 0.29) is 25.6 Å². The largest absolute Gasteiger partial charge is 0.462 e. The van der Waals surface area contributed by atoms with Gasteiger partial charge in [0.2, 0.25) is 0 Å². The van der Waals surface area contributed by atoms with E-state index in [1.165, 1.54) is 89.9 Å². The van der Waals surface area contributed by atoms with Crippen LogP contribution >= 0.6 is 0 Å². The monoisotopic (exact) mass is 803 g/mol. The molecule has 1 atom stereocenters. The lowest BCUT2D eigenvalue weighted by Crippen LogP contribution is -2.28. The lowest BCUT2D eigenvalue weighted by molar-refractivity contribution is -0.160. The van der Waals surface area contributed by atoms with Crippen LogP contribution in [0.25, 0.3) is 0 Å². The van der Waals surface area contributed by atoms with Crippen molar-refractivity contribution in [2.45, 2.75) is 200 Å². The van der Waals surface area contributed by atoms with Gasteiger partial charge in [0.1, 0.15) is 6.61 Å². The predicted molar refractivity (Wildman–Crippen MR) is 251 cm³/mol. The van der Waals surface area contributed by atoms with E-state index in [0.29, 0.717) is 6.42 Å². The molecule has 0 aliphatic heterocycles. The van der Waals surface area contributed by atoms with Gasteiger partial charge in [0.05, 0.1) is 13.0 Å². The van der Waals surface area contributed by atoms with Crippen molar-refractivity contribution in [2.24, 2.45) is 0 Å². The van der Waals surface area contributed by atoms with Crippen LogP contribution in [0.15, 0.2) is 109 Å². The minimum atomic E-state index is -0.832. The number of unbranched alkanes of at least 4 members (excludes halogenated alkanes) is 16. The number of allylic oxidation sites excluding steroid dienone is 17. The van der Waals surface area contributed by atoms with Crippen molar-refractivity contribution >= 4 is 11.9 Å². The molecule has 0 bridgehead atoms. The molecular weight excluding hydrogens is 717 g/mol. The molecule has 0 radical (unpaired) electrons. The fraction of sp³-hybridized carbons (Fsp3) is 0.623. The topological polar surface area (TPSA) is 72.8 Å². The molecule has 0 aromatic carbocycles. The molecule has 0 aromatic heterocycles. The first-order chi connectivity index (χ1) is 28.6. The maximum Gasteiger partial charge on any atom is 0.310 e. The quantitative estimate of drug-likeness (QED) is 0.0379. The Labute approximate surface area is 357 Å². The smallest absolute Gasteiger partial charge is 0.310 e. The van der Waals surface area contributed by atoms with Crippen LogP contribution in [0.1, 0.15) is 194 Å². The van der Waals surface area contributed by atoms with Gasteiger partial charge in [-0.25, -0.2) is 0 Å². The summed E-state index contributed by atoms with van der Waals surface area (Å²) in [5.41, 5.74) is 0. The van der Waals surface area contributed by atoms with Crippen LogP contribution in [0.3, 0.4) is 0 Å². The summed E-state index contributed by atoms with van der Waals surface area (Å²) in [7, 11) is 0. The van der Waals surface area contributed by atoms with Crippen molar-refractivity contribution < 1.29 is 24.2 Å². The first-order valence-electron chi connectivity index (χ1n) is 23.4. The summed E-state index contributed by atoms with van der Waals surface area (Å²) in [5, 5.41) is 9.57.